The van der Waals surface area contributed by atoms with E-state index in [-0.39, 0.29) is 6.54 Å². The van der Waals surface area contributed by atoms with Crippen LogP contribution in [-0.4, -0.2) is 47.1 Å². The number of nitrogens with one attached hydrogen (secondary N) is 2. The molecule has 0 aliphatic rings. The molecule has 0 aliphatic carbocycles. The summed E-state index contributed by atoms with van der Waals surface area (Å²) in [7, 11) is 1.82. The minimum Gasteiger partial charge on any atom is -0.492 e. The first-order valence-corrected chi connectivity index (χ1v) is 9.25. The molecule has 0 bridgehead atoms. The van der Waals surface area contributed by atoms with Crippen LogP contribution in [0.2, 0.25) is 0 Å². The van der Waals surface area contributed by atoms with Crippen molar-refractivity contribution in [3.8, 4) is 5.75 Å². The molecule has 7 nitrogen and oxygen atoms in total. The third kappa shape index (κ3) is 6.60. The van der Waals surface area contributed by atoms with E-state index >= 15 is 0 Å². The Balaban J connectivity index is 1.87. The van der Waals surface area contributed by atoms with Crippen molar-refractivity contribution >= 4 is 5.96 Å². The summed E-state index contributed by atoms with van der Waals surface area (Å²) in [5.41, 5.74) is 2.03. The molecule has 1 heterocycles. The van der Waals surface area contributed by atoms with E-state index in [2.05, 4.69) is 40.6 Å². The quantitative estimate of drug-likeness (QED) is 0.374. The van der Waals surface area contributed by atoms with Crippen LogP contribution in [-0.2, 0) is 12.6 Å². The van der Waals surface area contributed by atoms with Crippen molar-refractivity contribution in [3.63, 3.8) is 0 Å². The summed E-state index contributed by atoms with van der Waals surface area (Å²) in [5, 5.41) is 21.2. The third-order valence-electron chi connectivity index (χ3n) is 4.07. The SMILES string of the molecule is CCNC(=NCC(C)(O)c1cnn(C)c1)NCCOc1cc(C)cc(C)c1. The predicted octanol–water partition coefficient (Wildman–Crippen LogP) is 1.88. The monoisotopic (exact) mass is 373 g/mol. The Kier molecular flexibility index (Phi) is 7.24. The number of rotatable bonds is 8. The number of hydrogen-bond acceptors (Lipinski definition) is 4. The van der Waals surface area contributed by atoms with E-state index in [0.717, 1.165) is 17.9 Å². The Morgan fingerprint density at radius 2 is 1.96 bits per heavy atom. The molecular formula is C20H31N5O2. The van der Waals surface area contributed by atoms with Crippen molar-refractivity contribution in [2.24, 2.45) is 12.0 Å². The van der Waals surface area contributed by atoms with Crippen LogP contribution in [0, 0.1) is 13.8 Å². The maximum atomic E-state index is 10.6. The summed E-state index contributed by atoms with van der Waals surface area (Å²) in [5.74, 6) is 1.52. The van der Waals surface area contributed by atoms with Crippen LogP contribution in [0.4, 0.5) is 0 Å². The number of aliphatic hydroxyl groups is 1. The molecular weight excluding hydrogens is 342 g/mol. The van der Waals surface area contributed by atoms with Crippen LogP contribution in [0.1, 0.15) is 30.5 Å². The Morgan fingerprint density at radius 1 is 1.26 bits per heavy atom. The average molecular weight is 374 g/mol. The van der Waals surface area contributed by atoms with E-state index < -0.39 is 5.60 Å². The van der Waals surface area contributed by atoms with Gasteiger partial charge in [0.05, 0.1) is 19.3 Å². The number of guanidine groups is 1. The third-order valence-corrected chi connectivity index (χ3v) is 4.07. The van der Waals surface area contributed by atoms with Crippen molar-refractivity contribution < 1.29 is 9.84 Å². The van der Waals surface area contributed by atoms with Gasteiger partial charge in [0, 0.05) is 25.4 Å². The normalized spacial score (nSPS) is 13.9. The highest BCUT2D eigenvalue weighted by atomic mass is 16.5. The molecule has 3 N–H and O–H groups in total. The second-order valence-corrected chi connectivity index (χ2v) is 6.97. The van der Waals surface area contributed by atoms with Gasteiger partial charge < -0.3 is 20.5 Å². The first-order valence-electron chi connectivity index (χ1n) is 9.25. The lowest BCUT2D eigenvalue weighted by Crippen LogP contribution is -2.40. The molecule has 0 amide bonds. The molecule has 27 heavy (non-hydrogen) atoms. The Morgan fingerprint density at radius 3 is 2.56 bits per heavy atom. The summed E-state index contributed by atoms with van der Waals surface area (Å²) >= 11 is 0. The van der Waals surface area contributed by atoms with Crippen molar-refractivity contribution in [1.82, 2.24) is 20.4 Å². The fraction of sp³-hybridized carbons (Fsp3) is 0.500. The van der Waals surface area contributed by atoms with Crippen molar-refractivity contribution in [1.29, 1.82) is 0 Å². The molecule has 2 rings (SSSR count). The van der Waals surface area contributed by atoms with Crippen LogP contribution < -0.4 is 15.4 Å². The Hall–Kier alpha value is -2.54. The maximum Gasteiger partial charge on any atom is 0.191 e. The number of aryl methyl sites for hydroxylation is 3. The number of hydrogen-bond donors (Lipinski definition) is 3. The molecule has 0 spiro atoms. The molecule has 1 aromatic carbocycles. The van der Waals surface area contributed by atoms with E-state index in [4.69, 9.17) is 4.74 Å². The van der Waals surface area contributed by atoms with Crippen LogP contribution in [0.15, 0.2) is 35.6 Å². The fourth-order valence-electron chi connectivity index (χ4n) is 2.72. The maximum absolute atomic E-state index is 10.6. The highest BCUT2D eigenvalue weighted by molar-refractivity contribution is 5.79. The number of nitrogens with zero attached hydrogens (tertiary/aromatic N) is 3. The van der Waals surface area contributed by atoms with Crippen molar-refractivity contribution in [2.45, 2.75) is 33.3 Å². The first kappa shape index (κ1) is 20.8. The number of aliphatic imine (C=N–C) groups is 1. The molecule has 0 fully saturated rings. The van der Waals surface area contributed by atoms with E-state index in [0.29, 0.717) is 19.1 Å². The largest absolute Gasteiger partial charge is 0.492 e. The van der Waals surface area contributed by atoms with Gasteiger partial charge in [0.1, 0.15) is 18.0 Å². The standard InChI is InChI=1S/C20H31N5O2/c1-6-21-19(23-14-20(4,26)17-12-24-25(5)13-17)22-7-8-27-18-10-15(2)9-16(3)11-18/h9-13,26H,6-8,14H2,1-5H3,(H2,21,22,23). The lowest BCUT2D eigenvalue weighted by molar-refractivity contribution is 0.0672. The van der Waals surface area contributed by atoms with Gasteiger partial charge in [-0.05, 0) is 51.0 Å². The molecule has 148 valence electrons. The molecule has 0 saturated heterocycles. The second-order valence-electron chi connectivity index (χ2n) is 6.97. The lowest BCUT2D eigenvalue weighted by atomic mass is 10.0. The fourth-order valence-corrected chi connectivity index (χ4v) is 2.72. The van der Waals surface area contributed by atoms with Gasteiger partial charge in [0.15, 0.2) is 5.96 Å². The van der Waals surface area contributed by atoms with E-state index in [1.165, 1.54) is 11.1 Å². The second kappa shape index (κ2) is 9.41. The van der Waals surface area contributed by atoms with Gasteiger partial charge in [-0.1, -0.05) is 6.07 Å². The molecule has 2 aromatic rings. The summed E-state index contributed by atoms with van der Waals surface area (Å²) in [4.78, 5) is 4.50. The smallest absolute Gasteiger partial charge is 0.191 e. The zero-order chi connectivity index (χ0) is 19.9. The topological polar surface area (TPSA) is 83.7 Å². The molecule has 0 aliphatic heterocycles. The Bertz CT molecular complexity index is 747. The van der Waals surface area contributed by atoms with Gasteiger partial charge in [-0.3, -0.25) is 4.68 Å². The molecule has 7 heteroatoms. The predicted molar refractivity (Wildman–Crippen MR) is 108 cm³/mol. The van der Waals surface area contributed by atoms with Gasteiger partial charge >= 0.3 is 0 Å². The zero-order valence-corrected chi connectivity index (χ0v) is 16.9. The zero-order valence-electron chi connectivity index (χ0n) is 16.9. The van der Waals surface area contributed by atoms with Gasteiger partial charge in [0.25, 0.3) is 0 Å². The lowest BCUT2D eigenvalue weighted by Gasteiger charge is -2.20. The van der Waals surface area contributed by atoms with Crippen LogP contribution in [0.3, 0.4) is 0 Å². The summed E-state index contributed by atoms with van der Waals surface area (Å²) in [6, 6.07) is 6.17. The van der Waals surface area contributed by atoms with Gasteiger partial charge in [-0.2, -0.15) is 5.10 Å². The first-order chi connectivity index (χ1) is 12.8. The molecule has 0 saturated carbocycles. The van der Waals surface area contributed by atoms with E-state index in [9.17, 15) is 5.11 Å². The van der Waals surface area contributed by atoms with Crippen LogP contribution in [0.25, 0.3) is 0 Å². The highest BCUT2D eigenvalue weighted by Gasteiger charge is 2.24. The summed E-state index contributed by atoms with van der Waals surface area (Å²) < 4.78 is 7.48. The van der Waals surface area contributed by atoms with Crippen LogP contribution >= 0.6 is 0 Å². The summed E-state index contributed by atoms with van der Waals surface area (Å²) in [6.45, 7) is 9.94. The van der Waals surface area contributed by atoms with Gasteiger partial charge in [-0.25, -0.2) is 4.99 Å². The minimum absolute atomic E-state index is 0.228. The van der Waals surface area contributed by atoms with E-state index in [1.54, 1.807) is 24.0 Å². The highest BCUT2D eigenvalue weighted by Crippen LogP contribution is 2.20. The summed E-state index contributed by atoms with van der Waals surface area (Å²) in [6.07, 6.45) is 3.46. The molecule has 0 radical (unpaired) electrons. The van der Waals surface area contributed by atoms with Gasteiger partial charge in [0.2, 0.25) is 0 Å². The van der Waals surface area contributed by atoms with Crippen molar-refractivity contribution in [3.05, 3.63) is 47.3 Å². The van der Waals surface area contributed by atoms with Crippen LogP contribution in [0.5, 0.6) is 5.75 Å². The van der Waals surface area contributed by atoms with E-state index in [1.807, 2.05) is 26.1 Å². The average Bonchev–Trinajstić information content (AvgIpc) is 3.03. The Labute approximate surface area is 161 Å². The van der Waals surface area contributed by atoms with Crippen molar-refractivity contribution in [2.75, 3.05) is 26.2 Å². The van der Waals surface area contributed by atoms with Gasteiger partial charge in [-0.15, -0.1) is 0 Å². The molecule has 1 aromatic heterocycles. The number of ether oxygens (including phenoxy) is 1. The minimum atomic E-state index is -1.08. The number of benzene rings is 1. The molecule has 1 atom stereocenters. The molecule has 1 unspecified atom stereocenters. The number of aromatic nitrogens is 2.